The van der Waals surface area contributed by atoms with Gasteiger partial charge in [-0.2, -0.15) is 11.8 Å². The third-order valence-corrected chi connectivity index (χ3v) is 4.77. The first-order chi connectivity index (χ1) is 8.66. The molecule has 0 aromatic heterocycles. The molecule has 0 saturated carbocycles. The molecule has 1 aromatic rings. The molecule has 18 heavy (non-hydrogen) atoms. The highest BCUT2D eigenvalue weighted by Gasteiger charge is 2.15. The van der Waals surface area contributed by atoms with Gasteiger partial charge in [-0.3, -0.25) is 0 Å². The molecule has 0 aliphatic carbocycles. The zero-order valence-corrected chi connectivity index (χ0v) is 11.4. The molecule has 0 spiro atoms. The monoisotopic (exact) mass is 271 g/mol. The van der Waals surface area contributed by atoms with Crippen LogP contribution in [0.2, 0.25) is 0 Å². The molecule has 2 unspecified atom stereocenters. The van der Waals surface area contributed by atoms with E-state index in [0.717, 1.165) is 12.1 Å². The fourth-order valence-electron chi connectivity index (χ4n) is 2.18. The molecule has 0 amide bonds. The molecule has 1 fully saturated rings. The van der Waals surface area contributed by atoms with Gasteiger partial charge >= 0.3 is 0 Å². The van der Waals surface area contributed by atoms with Crippen LogP contribution in [0.5, 0.6) is 0 Å². The van der Waals surface area contributed by atoms with Crippen molar-refractivity contribution in [1.82, 2.24) is 5.32 Å². The third kappa shape index (κ3) is 3.69. The standard InChI is InChI=1S/C14H19F2NS/c1-10(11-5-6-13(15)14(16)8-11)17-9-12-4-2-3-7-18-12/h5-6,8,10,12,17H,2-4,7,9H2,1H3. The van der Waals surface area contributed by atoms with E-state index in [-0.39, 0.29) is 6.04 Å². The van der Waals surface area contributed by atoms with Gasteiger partial charge in [-0.1, -0.05) is 12.5 Å². The Hall–Kier alpha value is -0.610. The lowest BCUT2D eigenvalue weighted by Crippen LogP contribution is -2.29. The molecule has 4 heteroatoms. The average molecular weight is 271 g/mol. The summed E-state index contributed by atoms with van der Waals surface area (Å²) in [5, 5.41) is 4.06. The number of nitrogens with one attached hydrogen (secondary N) is 1. The van der Waals surface area contributed by atoms with Gasteiger partial charge in [0.25, 0.3) is 0 Å². The van der Waals surface area contributed by atoms with Crippen molar-refractivity contribution in [3.8, 4) is 0 Å². The van der Waals surface area contributed by atoms with Crippen LogP contribution < -0.4 is 5.32 Å². The van der Waals surface area contributed by atoms with Gasteiger partial charge in [0.1, 0.15) is 0 Å². The predicted molar refractivity (Wildman–Crippen MR) is 72.9 cm³/mol. The zero-order valence-electron chi connectivity index (χ0n) is 10.6. The van der Waals surface area contributed by atoms with Crippen LogP contribution in [0.3, 0.4) is 0 Å². The summed E-state index contributed by atoms with van der Waals surface area (Å²) >= 11 is 2.01. The summed E-state index contributed by atoms with van der Waals surface area (Å²) in [6.45, 7) is 2.92. The number of thioether (sulfide) groups is 1. The molecular formula is C14H19F2NS. The molecule has 2 rings (SSSR count). The Balaban J connectivity index is 1.86. The smallest absolute Gasteiger partial charge is 0.159 e. The van der Waals surface area contributed by atoms with E-state index in [2.05, 4.69) is 5.32 Å². The lowest BCUT2D eigenvalue weighted by Gasteiger charge is -2.24. The van der Waals surface area contributed by atoms with Crippen molar-refractivity contribution in [2.24, 2.45) is 0 Å². The fourth-order valence-corrected chi connectivity index (χ4v) is 3.43. The van der Waals surface area contributed by atoms with Gasteiger partial charge in [-0.15, -0.1) is 0 Å². The number of halogens is 2. The van der Waals surface area contributed by atoms with Crippen LogP contribution >= 0.6 is 11.8 Å². The average Bonchev–Trinajstić information content (AvgIpc) is 2.40. The first-order valence-electron chi connectivity index (χ1n) is 6.47. The van der Waals surface area contributed by atoms with Crippen molar-refractivity contribution in [3.63, 3.8) is 0 Å². The highest BCUT2D eigenvalue weighted by Crippen LogP contribution is 2.25. The summed E-state index contributed by atoms with van der Waals surface area (Å²) in [6.07, 6.45) is 3.88. The normalized spacial score (nSPS) is 21.8. The molecule has 1 aliphatic rings. The van der Waals surface area contributed by atoms with Gasteiger partial charge in [-0.25, -0.2) is 8.78 Å². The fraction of sp³-hybridized carbons (Fsp3) is 0.571. The molecule has 1 heterocycles. The topological polar surface area (TPSA) is 12.0 Å². The molecule has 1 nitrogen and oxygen atoms in total. The summed E-state index contributed by atoms with van der Waals surface area (Å²) in [6, 6.07) is 4.17. The Bertz CT molecular complexity index is 391. The molecule has 1 aromatic carbocycles. The summed E-state index contributed by atoms with van der Waals surface area (Å²) < 4.78 is 26.0. The van der Waals surface area contributed by atoms with Crippen molar-refractivity contribution in [3.05, 3.63) is 35.4 Å². The molecule has 2 atom stereocenters. The number of hydrogen-bond donors (Lipinski definition) is 1. The summed E-state index contributed by atoms with van der Waals surface area (Å²) in [7, 11) is 0. The van der Waals surface area contributed by atoms with Gasteiger partial charge in [0.2, 0.25) is 0 Å². The SMILES string of the molecule is CC(NCC1CCCCS1)c1ccc(F)c(F)c1. The van der Waals surface area contributed by atoms with Gasteiger partial charge in [0, 0.05) is 17.8 Å². The van der Waals surface area contributed by atoms with Crippen molar-refractivity contribution >= 4 is 11.8 Å². The Labute approximate surface area is 111 Å². The van der Waals surface area contributed by atoms with Crippen LogP contribution in [-0.4, -0.2) is 17.5 Å². The van der Waals surface area contributed by atoms with Crippen LogP contribution in [0.15, 0.2) is 18.2 Å². The molecular weight excluding hydrogens is 252 g/mol. The van der Waals surface area contributed by atoms with Crippen LogP contribution in [0.25, 0.3) is 0 Å². The van der Waals surface area contributed by atoms with Gasteiger partial charge in [0.15, 0.2) is 11.6 Å². The quantitative estimate of drug-likeness (QED) is 0.891. The van der Waals surface area contributed by atoms with Crippen LogP contribution in [0.4, 0.5) is 8.78 Å². The number of rotatable bonds is 4. The summed E-state index contributed by atoms with van der Waals surface area (Å²) in [4.78, 5) is 0. The van der Waals surface area contributed by atoms with E-state index in [1.54, 1.807) is 6.07 Å². The Morgan fingerprint density at radius 3 is 2.83 bits per heavy atom. The van der Waals surface area contributed by atoms with Crippen molar-refractivity contribution in [1.29, 1.82) is 0 Å². The van der Waals surface area contributed by atoms with E-state index in [1.807, 2.05) is 18.7 Å². The van der Waals surface area contributed by atoms with Crippen molar-refractivity contribution in [2.75, 3.05) is 12.3 Å². The van der Waals surface area contributed by atoms with Crippen molar-refractivity contribution < 1.29 is 8.78 Å². The van der Waals surface area contributed by atoms with E-state index in [0.29, 0.717) is 5.25 Å². The predicted octanol–water partition coefficient (Wildman–Crippen LogP) is 3.90. The minimum Gasteiger partial charge on any atom is -0.309 e. The van der Waals surface area contributed by atoms with Gasteiger partial charge < -0.3 is 5.32 Å². The minimum atomic E-state index is -0.784. The Morgan fingerprint density at radius 2 is 2.17 bits per heavy atom. The summed E-state index contributed by atoms with van der Waals surface area (Å²) in [5.74, 6) is -0.312. The molecule has 0 bridgehead atoms. The van der Waals surface area contributed by atoms with E-state index >= 15 is 0 Å². The van der Waals surface area contributed by atoms with Crippen LogP contribution in [0, 0.1) is 11.6 Å². The summed E-state index contributed by atoms with van der Waals surface area (Å²) in [5.41, 5.74) is 0.801. The molecule has 0 radical (unpaired) electrons. The lowest BCUT2D eigenvalue weighted by molar-refractivity contribution is 0.498. The van der Waals surface area contributed by atoms with E-state index < -0.39 is 11.6 Å². The highest BCUT2D eigenvalue weighted by molar-refractivity contribution is 7.99. The second kappa shape index (κ2) is 6.53. The lowest BCUT2D eigenvalue weighted by atomic mass is 10.1. The minimum absolute atomic E-state index is 0.0580. The molecule has 1 saturated heterocycles. The van der Waals surface area contributed by atoms with E-state index in [4.69, 9.17) is 0 Å². The molecule has 1 N–H and O–H groups in total. The number of benzene rings is 1. The van der Waals surface area contributed by atoms with Crippen LogP contribution in [0.1, 0.15) is 37.8 Å². The maximum absolute atomic E-state index is 13.1. The maximum Gasteiger partial charge on any atom is 0.159 e. The van der Waals surface area contributed by atoms with Crippen LogP contribution in [-0.2, 0) is 0 Å². The number of hydrogen-bond acceptors (Lipinski definition) is 2. The highest BCUT2D eigenvalue weighted by atomic mass is 32.2. The Morgan fingerprint density at radius 1 is 1.33 bits per heavy atom. The van der Waals surface area contributed by atoms with Crippen molar-refractivity contribution in [2.45, 2.75) is 37.5 Å². The zero-order chi connectivity index (χ0) is 13.0. The first-order valence-corrected chi connectivity index (χ1v) is 7.51. The molecule has 1 aliphatic heterocycles. The van der Waals surface area contributed by atoms with E-state index in [9.17, 15) is 8.78 Å². The first kappa shape index (κ1) is 13.8. The van der Waals surface area contributed by atoms with E-state index in [1.165, 1.54) is 37.1 Å². The Kier molecular flexibility index (Phi) is 5.01. The molecule has 100 valence electrons. The second-order valence-electron chi connectivity index (χ2n) is 4.79. The van der Waals surface area contributed by atoms with Gasteiger partial charge in [-0.05, 0) is 43.2 Å². The third-order valence-electron chi connectivity index (χ3n) is 3.37. The largest absolute Gasteiger partial charge is 0.309 e. The second-order valence-corrected chi connectivity index (χ2v) is 6.20. The maximum atomic E-state index is 13.1. The van der Waals surface area contributed by atoms with Gasteiger partial charge in [0.05, 0.1) is 0 Å².